The highest BCUT2D eigenvalue weighted by Crippen LogP contribution is 2.25. The Hall–Kier alpha value is -0.950. The zero-order chi connectivity index (χ0) is 13.3. The van der Waals surface area contributed by atoms with Crippen molar-refractivity contribution in [2.24, 2.45) is 5.92 Å². The van der Waals surface area contributed by atoms with Crippen molar-refractivity contribution in [3.63, 3.8) is 0 Å². The number of hydrogen-bond acceptors (Lipinski definition) is 6. The van der Waals surface area contributed by atoms with Crippen molar-refractivity contribution in [2.75, 3.05) is 24.6 Å². The van der Waals surface area contributed by atoms with Gasteiger partial charge in [-0.1, -0.05) is 5.16 Å². The maximum atomic E-state index is 11.4. The van der Waals surface area contributed by atoms with E-state index in [1.807, 2.05) is 0 Å². The molecule has 0 amide bonds. The van der Waals surface area contributed by atoms with Crippen molar-refractivity contribution in [2.45, 2.75) is 31.6 Å². The highest BCUT2D eigenvalue weighted by atomic mass is 32.2. The predicted molar refractivity (Wildman–Crippen MR) is 69.6 cm³/mol. The minimum atomic E-state index is -2.82. The molecule has 1 N–H and O–H groups in total. The molecule has 6 nitrogen and oxygen atoms in total. The Morgan fingerprint density at radius 1 is 1.26 bits per heavy atom. The average Bonchev–Trinajstić information content (AvgIpc) is 2.98. The molecule has 19 heavy (non-hydrogen) atoms. The van der Waals surface area contributed by atoms with Gasteiger partial charge in [-0.25, -0.2) is 8.42 Å². The number of hydrogen-bond donors (Lipinski definition) is 1. The molecular weight excluding hydrogens is 266 g/mol. The van der Waals surface area contributed by atoms with Gasteiger partial charge in [0.2, 0.25) is 5.89 Å². The van der Waals surface area contributed by atoms with Crippen LogP contribution in [0.2, 0.25) is 0 Å². The normalized spacial score (nSPS) is 27.7. The third-order valence-electron chi connectivity index (χ3n) is 3.97. The van der Waals surface area contributed by atoms with Crippen LogP contribution in [-0.2, 0) is 16.3 Å². The van der Waals surface area contributed by atoms with Crippen LogP contribution in [0.1, 0.15) is 36.9 Å². The first-order valence-electron chi connectivity index (χ1n) is 6.86. The van der Waals surface area contributed by atoms with Crippen molar-refractivity contribution >= 4 is 9.84 Å². The van der Waals surface area contributed by atoms with E-state index in [0.29, 0.717) is 23.9 Å². The van der Waals surface area contributed by atoms with Crippen LogP contribution < -0.4 is 5.32 Å². The molecule has 0 bridgehead atoms. The molecule has 0 aliphatic carbocycles. The molecule has 106 valence electrons. The minimum Gasteiger partial charge on any atom is -0.339 e. The molecule has 2 fully saturated rings. The zero-order valence-corrected chi connectivity index (χ0v) is 11.7. The Bertz CT molecular complexity index is 534. The van der Waals surface area contributed by atoms with Crippen LogP contribution in [-0.4, -0.2) is 43.2 Å². The van der Waals surface area contributed by atoms with Crippen molar-refractivity contribution in [1.29, 1.82) is 0 Å². The maximum absolute atomic E-state index is 11.4. The number of aromatic nitrogens is 2. The average molecular weight is 285 g/mol. The number of piperidine rings is 1. The fourth-order valence-electron chi connectivity index (χ4n) is 2.88. The molecule has 2 saturated heterocycles. The lowest BCUT2D eigenvalue weighted by atomic mass is 9.98. The predicted octanol–water partition coefficient (Wildman–Crippen LogP) is 0.514. The fraction of sp³-hybridized carbons (Fsp3) is 0.833. The summed E-state index contributed by atoms with van der Waals surface area (Å²) < 4.78 is 28.2. The Kier molecular flexibility index (Phi) is 3.58. The fourth-order valence-corrected chi connectivity index (χ4v) is 4.74. The first kappa shape index (κ1) is 13.1. The van der Waals surface area contributed by atoms with Crippen LogP contribution in [0.4, 0.5) is 0 Å². The first-order chi connectivity index (χ1) is 9.12. The third kappa shape index (κ3) is 3.14. The quantitative estimate of drug-likeness (QED) is 0.871. The van der Waals surface area contributed by atoms with E-state index in [-0.39, 0.29) is 11.7 Å². The van der Waals surface area contributed by atoms with E-state index in [9.17, 15) is 8.42 Å². The van der Waals surface area contributed by atoms with Crippen LogP contribution in [0, 0.1) is 5.92 Å². The monoisotopic (exact) mass is 285 g/mol. The van der Waals surface area contributed by atoms with Crippen molar-refractivity contribution in [3.05, 3.63) is 11.7 Å². The van der Waals surface area contributed by atoms with E-state index in [1.54, 1.807) is 0 Å². The SMILES string of the molecule is O=S1(=O)CCC(Cc2noc(C3CCNCC3)n2)C1. The molecule has 2 aliphatic heterocycles. The van der Waals surface area contributed by atoms with Crippen LogP contribution in [0.15, 0.2) is 4.52 Å². The van der Waals surface area contributed by atoms with Crippen LogP contribution in [0.3, 0.4) is 0 Å². The summed E-state index contributed by atoms with van der Waals surface area (Å²) in [6.45, 7) is 1.98. The van der Waals surface area contributed by atoms with Crippen molar-refractivity contribution < 1.29 is 12.9 Å². The molecule has 0 aromatic carbocycles. The molecular formula is C12H19N3O3S. The van der Waals surface area contributed by atoms with Gasteiger partial charge in [-0.3, -0.25) is 0 Å². The highest BCUT2D eigenvalue weighted by Gasteiger charge is 2.29. The van der Waals surface area contributed by atoms with Gasteiger partial charge in [0.25, 0.3) is 0 Å². The van der Waals surface area contributed by atoms with E-state index >= 15 is 0 Å². The van der Waals surface area contributed by atoms with Crippen molar-refractivity contribution in [1.82, 2.24) is 15.5 Å². The molecule has 3 heterocycles. The van der Waals surface area contributed by atoms with Crippen LogP contribution in [0.25, 0.3) is 0 Å². The van der Waals surface area contributed by atoms with Gasteiger partial charge in [-0.15, -0.1) is 0 Å². The van der Waals surface area contributed by atoms with Gasteiger partial charge in [0, 0.05) is 12.3 Å². The lowest BCUT2D eigenvalue weighted by Crippen LogP contribution is -2.26. The van der Waals surface area contributed by atoms with Gasteiger partial charge >= 0.3 is 0 Å². The lowest BCUT2D eigenvalue weighted by molar-refractivity contribution is 0.317. The Morgan fingerprint density at radius 3 is 2.74 bits per heavy atom. The van der Waals surface area contributed by atoms with Crippen LogP contribution in [0.5, 0.6) is 0 Å². The summed E-state index contributed by atoms with van der Waals surface area (Å²) in [5, 5.41) is 7.30. The minimum absolute atomic E-state index is 0.156. The summed E-state index contributed by atoms with van der Waals surface area (Å²) >= 11 is 0. The maximum Gasteiger partial charge on any atom is 0.229 e. The Labute approximate surface area is 112 Å². The molecule has 1 atom stereocenters. The lowest BCUT2D eigenvalue weighted by Gasteiger charge is -2.18. The number of sulfone groups is 1. The third-order valence-corrected chi connectivity index (χ3v) is 5.81. The van der Waals surface area contributed by atoms with E-state index in [4.69, 9.17) is 4.52 Å². The Morgan fingerprint density at radius 2 is 2.05 bits per heavy atom. The van der Waals surface area contributed by atoms with E-state index in [1.165, 1.54) is 0 Å². The molecule has 1 aromatic rings. The van der Waals surface area contributed by atoms with Gasteiger partial charge in [0.05, 0.1) is 11.5 Å². The van der Waals surface area contributed by atoms with Gasteiger partial charge < -0.3 is 9.84 Å². The second-order valence-electron chi connectivity index (χ2n) is 5.55. The Balaban J connectivity index is 1.62. The topological polar surface area (TPSA) is 85.1 Å². The largest absolute Gasteiger partial charge is 0.339 e. The molecule has 1 aromatic heterocycles. The molecule has 3 rings (SSSR count). The number of nitrogens with zero attached hydrogens (tertiary/aromatic N) is 2. The number of rotatable bonds is 3. The summed E-state index contributed by atoms with van der Waals surface area (Å²) in [7, 11) is -2.82. The molecule has 7 heteroatoms. The summed E-state index contributed by atoms with van der Waals surface area (Å²) in [6, 6.07) is 0. The smallest absolute Gasteiger partial charge is 0.229 e. The van der Waals surface area contributed by atoms with Gasteiger partial charge in [-0.2, -0.15) is 4.98 Å². The summed E-state index contributed by atoms with van der Waals surface area (Å²) in [4.78, 5) is 4.44. The second-order valence-corrected chi connectivity index (χ2v) is 7.78. The van der Waals surface area contributed by atoms with Crippen molar-refractivity contribution in [3.8, 4) is 0 Å². The zero-order valence-electron chi connectivity index (χ0n) is 10.8. The standard InChI is InChI=1S/C12H19N3O3S/c16-19(17)6-3-9(8-19)7-11-14-12(18-15-11)10-1-4-13-5-2-10/h9-10,13H,1-8H2. The van der Waals surface area contributed by atoms with Crippen LogP contribution >= 0.6 is 0 Å². The molecule has 0 spiro atoms. The van der Waals surface area contributed by atoms with Gasteiger partial charge in [0.1, 0.15) is 0 Å². The summed E-state index contributed by atoms with van der Waals surface area (Å²) in [6.07, 6.45) is 3.39. The van der Waals surface area contributed by atoms with Gasteiger partial charge in [0.15, 0.2) is 15.7 Å². The molecule has 0 radical (unpaired) electrons. The highest BCUT2D eigenvalue weighted by molar-refractivity contribution is 7.91. The molecule has 2 aliphatic rings. The molecule has 0 saturated carbocycles. The second kappa shape index (κ2) is 5.20. The van der Waals surface area contributed by atoms with E-state index in [2.05, 4.69) is 15.5 Å². The number of nitrogens with one attached hydrogen (secondary N) is 1. The van der Waals surface area contributed by atoms with E-state index in [0.717, 1.165) is 38.2 Å². The molecule has 1 unspecified atom stereocenters. The summed E-state index contributed by atoms with van der Waals surface area (Å²) in [5.41, 5.74) is 0. The summed E-state index contributed by atoms with van der Waals surface area (Å²) in [5.74, 6) is 2.47. The first-order valence-corrected chi connectivity index (χ1v) is 8.68. The van der Waals surface area contributed by atoms with Gasteiger partial charge in [-0.05, 0) is 38.3 Å². The van der Waals surface area contributed by atoms with E-state index < -0.39 is 9.84 Å².